The molecule has 3 N–H and O–H groups in total. The summed E-state index contributed by atoms with van der Waals surface area (Å²) in [7, 11) is 0. The summed E-state index contributed by atoms with van der Waals surface area (Å²) in [6.07, 6.45) is 1.24. The van der Waals surface area contributed by atoms with Crippen LogP contribution in [0.3, 0.4) is 0 Å². The van der Waals surface area contributed by atoms with Crippen LogP contribution in [0.5, 0.6) is 0 Å². The molecule has 0 aliphatic carbocycles. The Labute approximate surface area is 115 Å². The Hall–Kier alpha value is -1.55. The van der Waals surface area contributed by atoms with E-state index in [1.807, 2.05) is 45.9 Å². The maximum Gasteiger partial charge on any atom is 0.319 e. The summed E-state index contributed by atoms with van der Waals surface area (Å²) >= 11 is 0. The summed E-state index contributed by atoms with van der Waals surface area (Å²) in [5.41, 5.74) is 2.16. The van der Waals surface area contributed by atoms with E-state index in [1.165, 1.54) is 0 Å². The van der Waals surface area contributed by atoms with Crippen LogP contribution >= 0.6 is 0 Å². The van der Waals surface area contributed by atoms with Gasteiger partial charge in [0.05, 0.1) is 5.60 Å². The first-order valence-electron chi connectivity index (χ1n) is 6.74. The van der Waals surface area contributed by atoms with Crippen molar-refractivity contribution in [2.75, 3.05) is 11.9 Å². The third-order valence-corrected chi connectivity index (χ3v) is 3.52. The number of nitrogens with one attached hydrogen (secondary N) is 2. The molecule has 1 rings (SSSR count). The van der Waals surface area contributed by atoms with Crippen molar-refractivity contribution in [3.63, 3.8) is 0 Å². The lowest BCUT2D eigenvalue weighted by atomic mass is 9.98. The van der Waals surface area contributed by atoms with Crippen LogP contribution in [0.1, 0.15) is 37.8 Å². The van der Waals surface area contributed by atoms with Gasteiger partial charge < -0.3 is 15.7 Å². The Morgan fingerprint density at radius 3 is 2.42 bits per heavy atom. The van der Waals surface area contributed by atoms with Gasteiger partial charge in [0, 0.05) is 12.2 Å². The Morgan fingerprint density at radius 1 is 1.26 bits per heavy atom. The monoisotopic (exact) mass is 264 g/mol. The third-order valence-electron chi connectivity index (χ3n) is 3.52. The van der Waals surface area contributed by atoms with Gasteiger partial charge in [0.25, 0.3) is 0 Å². The van der Waals surface area contributed by atoms with Crippen molar-refractivity contribution >= 4 is 11.7 Å². The Bertz CT molecular complexity index is 440. The highest BCUT2D eigenvalue weighted by atomic mass is 16.3. The van der Waals surface area contributed by atoms with Gasteiger partial charge in [0.1, 0.15) is 0 Å². The minimum Gasteiger partial charge on any atom is -0.388 e. The fraction of sp³-hybridized carbons (Fsp3) is 0.533. The fourth-order valence-electron chi connectivity index (χ4n) is 1.87. The van der Waals surface area contributed by atoms with Crippen LogP contribution in [0.15, 0.2) is 18.2 Å². The lowest BCUT2D eigenvalue weighted by Crippen LogP contribution is -2.43. The van der Waals surface area contributed by atoms with E-state index in [-0.39, 0.29) is 12.6 Å². The highest BCUT2D eigenvalue weighted by molar-refractivity contribution is 5.90. The first-order valence-corrected chi connectivity index (χ1v) is 6.74. The molecule has 4 heteroatoms. The molecule has 0 saturated heterocycles. The zero-order valence-corrected chi connectivity index (χ0v) is 12.2. The SMILES string of the molecule is CCC(O)(CC)CNC(=O)Nc1ccc(C)cc1C. The molecule has 1 aromatic carbocycles. The lowest BCUT2D eigenvalue weighted by molar-refractivity contribution is 0.0354. The number of aliphatic hydroxyl groups is 1. The number of hydrogen-bond donors (Lipinski definition) is 3. The van der Waals surface area contributed by atoms with E-state index in [9.17, 15) is 9.90 Å². The normalized spacial score (nSPS) is 11.2. The molecule has 1 aromatic rings. The molecule has 0 radical (unpaired) electrons. The number of anilines is 1. The van der Waals surface area contributed by atoms with Crippen molar-refractivity contribution in [1.29, 1.82) is 0 Å². The van der Waals surface area contributed by atoms with Crippen LogP contribution in [0.4, 0.5) is 10.5 Å². The molecule has 0 aliphatic heterocycles. The molecule has 0 bridgehead atoms. The Morgan fingerprint density at radius 2 is 1.89 bits per heavy atom. The summed E-state index contributed by atoms with van der Waals surface area (Å²) in [6, 6.07) is 5.57. The van der Waals surface area contributed by atoms with E-state index in [0.29, 0.717) is 12.8 Å². The van der Waals surface area contributed by atoms with Gasteiger partial charge >= 0.3 is 6.03 Å². The number of carbonyl (C=O) groups is 1. The van der Waals surface area contributed by atoms with Crippen molar-refractivity contribution in [1.82, 2.24) is 5.32 Å². The van der Waals surface area contributed by atoms with Gasteiger partial charge in [0.15, 0.2) is 0 Å². The van der Waals surface area contributed by atoms with Gasteiger partial charge in [-0.15, -0.1) is 0 Å². The van der Waals surface area contributed by atoms with Crippen LogP contribution in [-0.4, -0.2) is 23.3 Å². The Kier molecular flexibility index (Phi) is 5.36. The maximum atomic E-state index is 11.8. The van der Waals surface area contributed by atoms with Crippen molar-refractivity contribution in [3.8, 4) is 0 Å². The van der Waals surface area contributed by atoms with E-state index in [2.05, 4.69) is 10.6 Å². The highest BCUT2D eigenvalue weighted by Gasteiger charge is 2.22. The zero-order valence-electron chi connectivity index (χ0n) is 12.2. The zero-order chi connectivity index (χ0) is 14.5. The minimum absolute atomic E-state index is 0.261. The lowest BCUT2D eigenvalue weighted by Gasteiger charge is -2.25. The molecule has 4 nitrogen and oxygen atoms in total. The van der Waals surface area contributed by atoms with E-state index in [1.54, 1.807) is 0 Å². The second-order valence-electron chi connectivity index (χ2n) is 5.06. The van der Waals surface area contributed by atoms with Crippen LogP contribution in [-0.2, 0) is 0 Å². The quantitative estimate of drug-likeness (QED) is 0.765. The average molecular weight is 264 g/mol. The minimum atomic E-state index is -0.820. The molecule has 0 aliphatic rings. The van der Waals surface area contributed by atoms with Crippen LogP contribution in [0, 0.1) is 13.8 Å². The second-order valence-corrected chi connectivity index (χ2v) is 5.06. The van der Waals surface area contributed by atoms with Gasteiger partial charge in [-0.1, -0.05) is 31.5 Å². The van der Waals surface area contributed by atoms with Crippen LogP contribution in [0.25, 0.3) is 0 Å². The fourth-order valence-corrected chi connectivity index (χ4v) is 1.87. The molecule has 0 aromatic heterocycles. The van der Waals surface area contributed by atoms with E-state index in [0.717, 1.165) is 16.8 Å². The van der Waals surface area contributed by atoms with Gasteiger partial charge in [-0.3, -0.25) is 0 Å². The van der Waals surface area contributed by atoms with Crippen molar-refractivity contribution in [3.05, 3.63) is 29.3 Å². The number of urea groups is 1. The number of rotatable bonds is 5. The topological polar surface area (TPSA) is 61.4 Å². The first-order chi connectivity index (χ1) is 8.90. The largest absolute Gasteiger partial charge is 0.388 e. The number of amides is 2. The molecular weight excluding hydrogens is 240 g/mol. The Balaban J connectivity index is 2.56. The molecular formula is C15H24N2O2. The molecule has 19 heavy (non-hydrogen) atoms. The molecule has 0 saturated carbocycles. The van der Waals surface area contributed by atoms with E-state index < -0.39 is 5.60 Å². The molecule has 0 atom stereocenters. The maximum absolute atomic E-state index is 11.8. The van der Waals surface area contributed by atoms with Crippen molar-refractivity contribution in [2.24, 2.45) is 0 Å². The molecule has 0 heterocycles. The number of benzene rings is 1. The summed E-state index contributed by atoms with van der Waals surface area (Å²) in [4.78, 5) is 11.8. The summed E-state index contributed by atoms with van der Waals surface area (Å²) in [6.45, 7) is 8.05. The molecule has 106 valence electrons. The van der Waals surface area contributed by atoms with E-state index >= 15 is 0 Å². The third kappa shape index (κ3) is 4.56. The summed E-state index contributed by atoms with van der Waals surface area (Å²) in [5, 5.41) is 15.6. The highest BCUT2D eigenvalue weighted by Crippen LogP contribution is 2.16. The van der Waals surface area contributed by atoms with Crippen LogP contribution in [0.2, 0.25) is 0 Å². The van der Waals surface area contributed by atoms with Gasteiger partial charge in [-0.05, 0) is 38.3 Å². The van der Waals surface area contributed by atoms with Gasteiger partial charge in [-0.2, -0.15) is 0 Å². The van der Waals surface area contributed by atoms with Gasteiger partial charge in [-0.25, -0.2) is 4.79 Å². The molecule has 0 fully saturated rings. The second kappa shape index (κ2) is 6.57. The predicted molar refractivity (Wildman–Crippen MR) is 78.5 cm³/mol. The summed E-state index contributed by atoms with van der Waals surface area (Å²) < 4.78 is 0. The van der Waals surface area contributed by atoms with Gasteiger partial charge in [0.2, 0.25) is 0 Å². The first kappa shape index (κ1) is 15.5. The van der Waals surface area contributed by atoms with Crippen molar-refractivity contribution < 1.29 is 9.90 Å². The average Bonchev–Trinajstić information content (AvgIpc) is 2.39. The number of aryl methyl sites for hydroxylation is 2. The van der Waals surface area contributed by atoms with E-state index in [4.69, 9.17) is 0 Å². The predicted octanol–water partition coefficient (Wildman–Crippen LogP) is 2.98. The number of hydrogen-bond acceptors (Lipinski definition) is 2. The molecule has 0 unspecified atom stereocenters. The van der Waals surface area contributed by atoms with Crippen LogP contribution < -0.4 is 10.6 Å². The van der Waals surface area contributed by atoms with Crippen molar-refractivity contribution in [2.45, 2.75) is 46.1 Å². The summed E-state index contributed by atoms with van der Waals surface area (Å²) in [5.74, 6) is 0. The smallest absolute Gasteiger partial charge is 0.319 e. The molecule has 0 spiro atoms. The molecule has 2 amide bonds. The number of carbonyl (C=O) groups excluding carboxylic acids is 1. The standard InChI is InChI=1S/C15H24N2O2/c1-5-15(19,6-2)10-16-14(18)17-13-8-7-11(3)9-12(13)4/h7-9,19H,5-6,10H2,1-4H3,(H2,16,17,18).